The smallest absolute Gasteiger partial charge is 0.119 e. The van der Waals surface area contributed by atoms with Crippen LogP contribution in [0.4, 0.5) is 0 Å². The van der Waals surface area contributed by atoms with Crippen molar-refractivity contribution >= 4 is 37.8 Å². The van der Waals surface area contributed by atoms with Crippen molar-refractivity contribution in [2.45, 2.75) is 79.1 Å². The minimum Gasteiger partial charge on any atom is -0.119 e. The van der Waals surface area contributed by atoms with Crippen LogP contribution in [0.15, 0.2) is 0 Å². The first-order chi connectivity index (χ1) is 9.52. The Morgan fingerprint density at radius 3 is 1.43 bits per heavy atom. The minimum absolute atomic E-state index is 0. The second-order valence-electron chi connectivity index (χ2n) is 6.38. The van der Waals surface area contributed by atoms with E-state index in [9.17, 15) is 4.57 Å². The van der Waals surface area contributed by atoms with Gasteiger partial charge in [-0.25, -0.2) is 0 Å². The van der Waals surface area contributed by atoms with E-state index in [2.05, 4.69) is 27.7 Å². The van der Waals surface area contributed by atoms with Crippen LogP contribution in [0.25, 0.3) is 0 Å². The van der Waals surface area contributed by atoms with E-state index in [1.165, 1.54) is 25.7 Å². The Kier molecular flexibility index (Phi) is 20.1. The fourth-order valence-corrected chi connectivity index (χ4v) is 2.61. The molecule has 0 rings (SSSR count). The normalized spacial score (nSPS) is 11.0. The summed E-state index contributed by atoms with van der Waals surface area (Å²) in [6.07, 6.45) is 9.24. The average molecular weight is 328 g/mol. The maximum absolute atomic E-state index is 11.4. The van der Waals surface area contributed by atoms with Crippen LogP contribution in [0, 0.1) is 11.8 Å². The molecule has 0 unspecified atom stereocenters. The maximum Gasteiger partial charge on any atom is 0.697 e. The second kappa shape index (κ2) is 17.4. The van der Waals surface area contributed by atoms with Gasteiger partial charge < -0.3 is 0 Å². The molecule has 0 aliphatic carbocycles. The van der Waals surface area contributed by atoms with Crippen molar-refractivity contribution in [3.8, 4) is 0 Å². The zero-order chi connectivity index (χ0) is 15.2. The van der Waals surface area contributed by atoms with Crippen molar-refractivity contribution in [2.75, 3.05) is 13.2 Å². The van der Waals surface area contributed by atoms with Crippen LogP contribution in [-0.4, -0.2) is 42.8 Å². The number of hydrogen-bond acceptors (Lipinski definition) is 3. The van der Waals surface area contributed by atoms with Crippen molar-refractivity contribution in [1.29, 1.82) is 0 Å². The van der Waals surface area contributed by atoms with Crippen molar-refractivity contribution < 1.29 is 13.6 Å². The fourth-order valence-electron chi connectivity index (χ4n) is 1.98. The van der Waals surface area contributed by atoms with Crippen LogP contribution in [0.2, 0.25) is 0 Å². The van der Waals surface area contributed by atoms with E-state index in [4.69, 9.17) is 9.05 Å². The minimum atomic E-state index is -1.90. The molecule has 0 saturated carbocycles. The van der Waals surface area contributed by atoms with Gasteiger partial charge in [-0.15, -0.1) is 9.05 Å². The van der Waals surface area contributed by atoms with Gasteiger partial charge in [0.2, 0.25) is 0 Å². The molecule has 1 radical (unpaired) electrons. The zero-order valence-electron chi connectivity index (χ0n) is 14.9. The predicted octanol–water partition coefficient (Wildman–Crippen LogP) is 5.73. The van der Waals surface area contributed by atoms with Crippen LogP contribution >= 0.6 is 8.25 Å². The van der Waals surface area contributed by atoms with E-state index in [-0.39, 0.29) is 29.6 Å². The summed E-state index contributed by atoms with van der Waals surface area (Å²) in [5.74, 6) is 1.54. The topological polar surface area (TPSA) is 35.5 Å². The molecule has 0 aromatic carbocycles. The van der Waals surface area contributed by atoms with Gasteiger partial charge in [-0.05, 0) is 24.7 Å². The molecule has 0 saturated heterocycles. The summed E-state index contributed by atoms with van der Waals surface area (Å²) in [5, 5.41) is 0. The monoisotopic (exact) mass is 328 g/mol. The third-order valence-electron chi connectivity index (χ3n) is 3.25. The Hall–Kier alpha value is 1.02. The number of hydrogen-bond donors (Lipinski definition) is 0. The molecule has 21 heavy (non-hydrogen) atoms. The van der Waals surface area contributed by atoms with Crippen molar-refractivity contribution in [3.63, 3.8) is 0 Å². The Labute approximate surface area is 155 Å². The molecule has 121 valence electrons. The summed E-state index contributed by atoms with van der Waals surface area (Å²) in [6.45, 7) is 10.1. The first kappa shape index (κ1) is 24.3. The molecule has 0 bridgehead atoms. The largest absolute Gasteiger partial charge is 0.697 e. The summed E-state index contributed by atoms with van der Waals surface area (Å²) in [4.78, 5) is 0. The SMILES string of the molecule is CC(C)CCCCCO[P+](=O)OCCCCCC(C)C.[Na]. The molecular weight excluding hydrogens is 294 g/mol. The molecule has 3 nitrogen and oxygen atoms in total. The third-order valence-corrected chi connectivity index (χ3v) is 4.03. The van der Waals surface area contributed by atoms with E-state index >= 15 is 0 Å². The fraction of sp³-hybridized carbons (Fsp3) is 1.00. The first-order valence-corrected chi connectivity index (χ1v) is 9.35. The van der Waals surface area contributed by atoms with Crippen LogP contribution < -0.4 is 0 Å². The zero-order valence-corrected chi connectivity index (χ0v) is 17.8. The Morgan fingerprint density at radius 2 is 1.10 bits per heavy atom. The summed E-state index contributed by atoms with van der Waals surface area (Å²) in [5.41, 5.74) is 0. The van der Waals surface area contributed by atoms with Crippen LogP contribution in [-0.2, 0) is 13.6 Å². The van der Waals surface area contributed by atoms with E-state index < -0.39 is 8.25 Å². The van der Waals surface area contributed by atoms with Gasteiger partial charge in [0, 0.05) is 34.1 Å². The van der Waals surface area contributed by atoms with E-state index in [0.29, 0.717) is 13.2 Å². The number of unbranched alkanes of at least 4 members (excludes halogenated alkanes) is 4. The van der Waals surface area contributed by atoms with Gasteiger partial charge in [0.15, 0.2) is 0 Å². The predicted molar refractivity (Wildman–Crippen MR) is 91.9 cm³/mol. The summed E-state index contributed by atoms with van der Waals surface area (Å²) >= 11 is 0. The third kappa shape index (κ3) is 21.0. The van der Waals surface area contributed by atoms with Gasteiger partial charge in [-0.1, -0.05) is 66.2 Å². The van der Waals surface area contributed by atoms with Crippen LogP contribution in [0.5, 0.6) is 0 Å². The van der Waals surface area contributed by atoms with Crippen LogP contribution in [0.3, 0.4) is 0 Å². The van der Waals surface area contributed by atoms with E-state index in [1.54, 1.807) is 0 Å². The molecular formula is C16H34NaO3P+. The Balaban J connectivity index is 0. The molecule has 0 aromatic heterocycles. The summed E-state index contributed by atoms with van der Waals surface area (Å²) in [6, 6.07) is 0. The molecule has 0 aliphatic rings. The molecule has 5 heteroatoms. The Morgan fingerprint density at radius 1 is 0.714 bits per heavy atom. The molecule has 0 spiro atoms. The van der Waals surface area contributed by atoms with Gasteiger partial charge in [-0.2, -0.15) is 0 Å². The summed E-state index contributed by atoms with van der Waals surface area (Å²) < 4.78 is 21.8. The van der Waals surface area contributed by atoms with Gasteiger partial charge in [0.05, 0.1) is 0 Å². The van der Waals surface area contributed by atoms with E-state index in [1.807, 2.05) is 0 Å². The molecule has 0 atom stereocenters. The first-order valence-electron chi connectivity index (χ1n) is 8.25. The standard InChI is InChI=1S/C16H34O3P.Na/c1-15(2)11-7-5-9-13-18-20(17)19-14-10-6-8-12-16(3)4;/h15-16H,5-14H2,1-4H3;/q+1;. The van der Waals surface area contributed by atoms with Crippen LogP contribution in [0.1, 0.15) is 79.1 Å². The quantitative estimate of drug-likeness (QED) is 0.232. The number of rotatable bonds is 14. The summed E-state index contributed by atoms with van der Waals surface area (Å²) in [7, 11) is -1.90. The molecule has 0 amide bonds. The van der Waals surface area contributed by atoms with Gasteiger partial charge in [0.1, 0.15) is 13.2 Å². The molecule has 0 aromatic rings. The Bertz CT molecular complexity index is 214. The van der Waals surface area contributed by atoms with Gasteiger partial charge in [-0.3, -0.25) is 0 Å². The molecule has 0 heterocycles. The second-order valence-corrected chi connectivity index (χ2v) is 7.34. The van der Waals surface area contributed by atoms with Crippen molar-refractivity contribution in [2.24, 2.45) is 11.8 Å². The van der Waals surface area contributed by atoms with Gasteiger partial charge >= 0.3 is 8.25 Å². The molecule has 0 N–H and O–H groups in total. The average Bonchev–Trinajstić information content (AvgIpc) is 2.37. The molecule has 0 aliphatic heterocycles. The van der Waals surface area contributed by atoms with Gasteiger partial charge in [0.25, 0.3) is 0 Å². The molecule has 0 fully saturated rings. The van der Waals surface area contributed by atoms with E-state index in [0.717, 1.165) is 37.5 Å². The van der Waals surface area contributed by atoms with Crippen molar-refractivity contribution in [1.82, 2.24) is 0 Å². The van der Waals surface area contributed by atoms with Crippen molar-refractivity contribution in [3.05, 3.63) is 0 Å². The maximum atomic E-state index is 11.4.